The molecule has 1 amide bonds. The van der Waals surface area contributed by atoms with Gasteiger partial charge in [0.05, 0.1) is 5.02 Å². The summed E-state index contributed by atoms with van der Waals surface area (Å²) in [6, 6.07) is 6.78. The van der Waals surface area contributed by atoms with Crippen molar-refractivity contribution in [3.05, 3.63) is 58.3 Å². The summed E-state index contributed by atoms with van der Waals surface area (Å²) >= 11 is 7.40. The highest BCUT2D eigenvalue weighted by Gasteiger charge is 2.11. The van der Waals surface area contributed by atoms with Crippen LogP contribution in [-0.2, 0) is 0 Å². The molecule has 0 aliphatic heterocycles. The lowest BCUT2D eigenvalue weighted by Gasteiger charge is -2.08. The third kappa shape index (κ3) is 3.38. The minimum Gasteiger partial charge on any atom is -0.423 e. The number of carbonyl (C=O) groups is 1. The molecular formula is C14H9ClN4O2S. The third-order valence-electron chi connectivity index (χ3n) is 2.56. The van der Waals surface area contributed by atoms with Crippen LogP contribution in [0, 0.1) is 0 Å². The van der Waals surface area contributed by atoms with E-state index in [1.165, 1.54) is 11.3 Å². The fraction of sp³-hybridized carbons (Fsp3) is 0. The predicted molar refractivity (Wildman–Crippen MR) is 83.6 cm³/mol. The molecule has 0 fully saturated rings. The third-order valence-corrected chi connectivity index (χ3v) is 3.63. The van der Waals surface area contributed by atoms with E-state index in [1.54, 1.807) is 48.2 Å². The Hall–Kier alpha value is -2.51. The van der Waals surface area contributed by atoms with Crippen LogP contribution in [0.15, 0.2) is 48.2 Å². The van der Waals surface area contributed by atoms with Crippen molar-refractivity contribution in [3.8, 4) is 11.8 Å². The fourth-order valence-electron chi connectivity index (χ4n) is 1.62. The normalized spacial score (nSPS) is 10.2. The highest BCUT2D eigenvalue weighted by molar-refractivity contribution is 7.11. The second-order valence-electron chi connectivity index (χ2n) is 4.07. The van der Waals surface area contributed by atoms with E-state index in [2.05, 4.69) is 20.3 Å². The van der Waals surface area contributed by atoms with Gasteiger partial charge in [-0.3, -0.25) is 4.79 Å². The van der Waals surface area contributed by atoms with Gasteiger partial charge in [0, 0.05) is 29.7 Å². The van der Waals surface area contributed by atoms with Crippen LogP contribution < -0.4 is 10.1 Å². The van der Waals surface area contributed by atoms with E-state index in [0.29, 0.717) is 21.5 Å². The van der Waals surface area contributed by atoms with E-state index in [4.69, 9.17) is 16.3 Å². The zero-order chi connectivity index (χ0) is 15.4. The van der Waals surface area contributed by atoms with E-state index in [-0.39, 0.29) is 11.9 Å². The number of hydrogen-bond donors (Lipinski definition) is 1. The first-order valence-corrected chi connectivity index (χ1v) is 7.43. The number of rotatable bonds is 4. The van der Waals surface area contributed by atoms with Crippen LogP contribution in [0.3, 0.4) is 0 Å². The van der Waals surface area contributed by atoms with Crippen molar-refractivity contribution in [2.75, 3.05) is 5.32 Å². The minimum atomic E-state index is -0.286. The SMILES string of the molecule is O=C(Nc1ccc(Oc2ncccn2)c(Cl)c1)c1nccs1. The lowest BCUT2D eigenvalue weighted by Crippen LogP contribution is -2.11. The number of halogens is 1. The number of nitrogens with zero attached hydrogens (tertiary/aromatic N) is 3. The monoisotopic (exact) mass is 332 g/mol. The van der Waals surface area contributed by atoms with E-state index in [9.17, 15) is 4.79 Å². The first-order chi connectivity index (χ1) is 10.7. The highest BCUT2D eigenvalue weighted by atomic mass is 35.5. The number of carbonyl (C=O) groups excluding carboxylic acids is 1. The molecule has 6 nitrogen and oxygen atoms in total. The van der Waals surface area contributed by atoms with Crippen molar-refractivity contribution < 1.29 is 9.53 Å². The maximum Gasteiger partial charge on any atom is 0.321 e. The van der Waals surface area contributed by atoms with E-state index < -0.39 is 0 Å². The van der Waals surface area contributed by atoms with Crippen LogP contribution in [-0.4, -0.2) is 20.9 Å². The van der Waals surface area contributed by atoms with Crippen LogP contribution in [0.4, 0.5) is 5.69 Å². The molecule has 8 heteroatoms. The Labute approximate surface area is 134 Å². The first kappa shape index (κ1) is 14.4. The summed E-state index contributed by atoms with van der Waals surface area (Å²) in [4.78, 5) is 23.7. The molecule has 0 spiro atoms. The van der Waals surface area contributed by atoms with Crippen molar-refractivity contribution >= 4 is 34.5 Å². The molecule has 3 rings (SSSR count). The number of ether oxygens (including phenoxy) is 1. The van der Waals surface area contributed by atoms with Crippen LogP contribution in [0.25, 0.3) is 0 Å². The summed E-state index contributed by atoms with van der Waals surface area (Å²) in [6.45, 7) is 0. The van der Waals surface area contributed by atoms with Crippen LogP contribution in [0.1, 0.15) is 9.80 Å². The maximum absolute atomic E-state index is 11.9. The number of amides is 1. The first-order valence-electron chi connectivity index (χ1n) is 6.17. The molecule has 0 aliphatic rings. The lowest BCUT2D eigenvalue weighted by molar-refractivity contribution is 0.102. The van der Waals surface area contributed by atoms with Gasteiger partial charge in [-0.1, -0.05) is 11.6 Å². The Kier molecular flexibility index (Phi) is 4.27. The second-order valence-corrected chi connectivity index (χ2v) is 5.37. The van der Waals surface area contributed by atoms with Crippen LogP contribution in [0.2, 0.25) is 5.02 Å². The minimum absolute atomic E-state index is 0.198. The van der Waals surface area contributed by atoms with Gasteiger partial charge in [0.2, 0.25) is 0 Å². The molecule has 0 radical (unpaired) electrons. The summed E-state index contributed by atoms with van der Waals surface area (Å²) in [6.07, 6.45) is 4.71. The Morgan fingerprint density at radius 3 is 2.68 bits per heavy atom. The summed E-state index contributed by atoms with van der Waals surface area (Å²) in [7, 11) is 0. The van der Waals surface area contributed by atoms with E-state index in [1.807, 2.05) is 0 Å². The molecule has 0 saturated heterocycles. The number of anilines is 1. The maximum atomic E-state index is 11.9. The molecule has 2 aromatic heterocycles. The Bertz CT molecular complexity index is 781. The van der Waals surface area contributed by atoms with Gasteiger partial charge in [-0.25, -0.2) is 15.0 Å². The van der Waals surface area contributed by atoms with Crippen LogP contribution in [0.5, 0.6) is 11.8 Å². The predicted octanol–water partition coefficient (Wildman–Crippen LogP) is 3.63. The number of hydrogen-bond acceptors (Lipinski definition) is 6. The molecule has 2 heterocycles. The zero-order valence-electron chi connectivity index (χ0n) is 11.1. The number of benzene rings is 1. The molecular weight excluding hydrogens is 324 g/mol. The van der Waals surface area contributed by atoms with Gasteiger partial charge in [0.1, 0.15) is 5.75 Å². The quantitative estimate of drug-likeness (QED) is 0.789. The van der Waals surface area contributed by atoms with Crippen LogP contribution >= 0.6 is 22.9 Å². The average Bonchev–Trinajstić information content (AvgIpc) is 3.05. The number of nitrogens with one attached hydrogen (secondary N) is 1. The molecule has 1 aromatic carbocycles. The molecule has 1 N–H and O–H groups in total. The summed E-state index contributed by atoms with van der Waals surface area (Å²) in [5, 5.41) is 5.17. The van der Waals surface area contributed by atoms with Crippen molar-refractivity contribution in [1.82, 2.24) is 15.0 Å². The Morgan fingerprint density at radius 2 is 2.00 bits per heavy atom. The lowest BCUT2D eigenvalue weighted by atomic mass is 10.3. The molecule has 110 valence electrons. The molecule has 0 atom stereocenters. The molecule has 3 aromatic rings. The Morgan fingerprint density at radius 1 is 1.18 bits per heavy atom. The van der Waals surface area contributed by atoms with Gasteiger partial charge in [0.25, 0.3) is 5.91 Å². The van der Waals surface area contributed by atoms with Gasteiger partial charge < -0.3 is 10.1 Å². The van der Waals surface area contributed by atoms with Crippen molar-refractivity contribution in [3.63, 3.8) is 0 Å². The molecule has 0 saturated carbocycles. The molecule has 0 aliphatic carbocycles. The molecule has 22 heavy (non-hydrogen) atoms. The number of thiazole rings is 1. The van der Waals surface area contributed by atoms with E-state index in [0.717, 1.165) is 0 Å². The van der Waals surface area contributed by atoms with E-state index >= 15 is 0 Å². The smallest absolute Gasteiger partial charge is 0.321 e. The standard InChI is InChI=1S/C14H9ClN4O2S/c15-10-8-9(19-12(20)13-16-6-7-22-13)2-3-11(10)21-14-17-4-1-5-18-14/h1-8H,(H,19,20). The zero-order valence-corrected chi connectivity index (χ0v) is 12.6. The largest absolute Gasteiger partial charge is 0.423 e. The summed E-state index contributed by atoms with van der Waals surface area (Å²) < 4.78 is 5.46. The van der Waals surface area contributed by atoms with Gasteiger partial charge >= 0.3 is 6.01 Å². The van der Waals surface area contributed by atoms with Gasteiger partial charge in [-0.2, -0.15) is 0 Å². The Balaban J connectivity index is 1.73. The molecule has 0 bridgehead atoms. The molecule has 0 unspecified atom stereocenters. The van der Waals surface area contributed by atoms with Gasteiger partial charge in [-0.05, 0) is 24.3 Å². The van der Waals surface area contributed by atoms with Gasteiger partial charge in [-0.15, -0.1) is 11.3 Å². The highest BCUT2D eigenvalue weighted by Crippen LogP contribution is 2.30. The fourth-order valence-corrected chi connectivity index (χ4v) is 2.37. The second kappa shape index (κ2) is 6.50. The van der Waals surface area contributed by atoms with Crippen molar-refractivity contribution in [2.45, 2.75) is 0 Å². The van der Waals surface area contributed by atoms with Crippen molar-refractivity contribution in [2.24, 2.45) is 0 Å². The topological polar surface area (TPSA) is 77.0 Å². The summed E-state index contributed by atoms with van der Waals surface area (Å²) in [5.74, 6) is 0.117. The summed E-state index contributed by atoms with van der Waals surface area (Å²) in [5.41, 5.74) is 0.548. The van der Waals surface area contributed by atoms with Crippen molar-refractivity contribution in [1.29, 1.82) is 0 Å². The number of aromatic nitrogens is 3. The van der Waals surface area contributed by atoms with Gasteiger partial charge in [0.15, 0.2) is 5.01 Å². The average molecular weight is 333 g/mol.